The van der Waals surface area contributed by atoms with Crippen LogP contribution in [-0.2, 0) is 9.53 Å². The Labute approximate surface area is 510 Å². The van der Waals surface area contributed by atoms with Crippen LogP contribution in [-0.4, -0.2) is 34.5 Å². The highest BCUT2D eigenvalue weighted by atomic mass is 16.6. The zero-order chi connectivity index (χ0) is 58.3. The second kappa shape index (κ2) is 65.4. The van der Waals surface area contributed by atoms with Crippen molar-refractivity contribution in [3.05, 3.63) is 0 Å². The number of rotatable bonds is 72. The molecule has 1 saturated heterocycles. The van der Waals surface area contributed by atoms with Gasteiger partial charge in [-0.05, 0) is 31.6 Å². The van der Waals surface area contributed by atoms with Crippen LogP contribution in [0.2, 0.25) is 0 Å². The molecule has 1 aliphatic rings. The molecule has 1 fully saturated rings. The van der Waals surface area contributed by atoms with E-state index in [-0.39, 0.29) is 0 Å². The predicted octanol–water partition coefficient (Wildman–Crippen LogP) is 27.0. The van der Waals surface area contributed by atoms with E-state index in [9.17, 15) is 15.0 Å². The number of aliphatic hydroxyl groups is 1. The molecular formula is C77H152O4. The predicted molar refractivity (Wildman–Crippen MR) is 360 cm³/mol. The second-order valence-electron chi connectivity index (χ2n) is 27.7. The topological polar surface area (TPSA) is 70.1 Å². The summed E-state index contributed by atoms with van der Waals surface area (Å²) in [4.78, 5) is 11.9. The van der Waals surface area contributed by atoms with Gasteiger partial charge in [-0.25, -0.2) is 0 Å². The molecule has 5 atom stereocenters. The van der Waals surface area contributed by atoms with Crippen LogP contribution in [0.15, 0.2) is 0 Å². The van der Waals surface area contributed by atoms with Gasteiger partial charge in [0.2, 0.25) is 0 Å². The maximum Gasteiger partial charge on any atom is 0.309 e. The zero-order valence-electron chi connectivity index (χ0n) is 56.2. The number of epoxide rings is 1. The lowest BCUT2D eigenvalue weighted by atomic mass is 9.91. The van der Waals surface area contributed by atoms with Crippen molar-refractivity contribution >= 4 is 5.97 Å². The van der Waals surface area contributed by atoms with Gasteiger partial charge in [-0.15, -0.1) is 0 Å². The molecule has 1 aliphatic heterocycles. The third kappa shape index (κ3) is 58.2. The van der Waals surface area contributed by atoms with Gasteiger partial charge in [0.25, 0.3) is 0 Å². The summed E-state index contributed by atoms with van der Waals surface area (Å²) in [5.41, 5.74) is 0. The fourth-order valence-electron chi connectivity index (χ4n) is 13.7. The fourth-order valence-corrected chi connectivity index (χ4v) is 13.7. The molecule has 1 heterocycles. The molecule has 0 radical (unpaired) electrons. The lowest BCUT2D eigenvalue weighted by Crippen LogP contribution is -2.28. The minimum Gasteiger partial charge on any atom is -0.481 e. The molecule has 2 N–H and O–H groups in total. The first-order chi connectivity index (χ1) is 40.0. The van der Waals surface area contributed by atoms with Gasteiger partial charge >= 0.3 is 5.97 Å². The number of aliphatic carboxylic acids is 1. The van der Waals surface area contributed by atoms with Crippen LogP contribution in [0.5, 0.6) is 0 Å². The number of carboxylic acid groups (broad SMARTS) is 1. The highest BCUT2D eigenvalue weighted by Crippen LogP contribution is 2.36. The largest absolute Gasteiger partial charge is 0.481 e. The molecular weight excluding hydrogens is 989 g/mol. The summed E-state index contributed by atoms with van der Waals surface area (Å²) < 4.78 is 6.13. The number of hydrogen-bond acceptors (Lipinski definition) is 3. The number of ether oxygens (including phenoxy) is 1. The van der Waals surface area contributed by atoms with E-state index in [1.807, 2.05) is 0 Å². The summed E-state index contributed by atoms with van der Waals surface area (Å²) in [5, 5.41) is 20.5. The number of hydrogen-bond donors (Lipinski definition) is 2. The van der Waals surface area contributed by atoms with Crippen molar-refractivity contribution < 1.29 is 19.7 Å². The first-order valence-corrected chi connectivity index (χ1v) is 38.6. The maximum atomic E-state index is 11.9. The van der Waals surface area contributed by atoms with Crippen molar-refractivity contribution in [2.45, 2.75) is 476 Å². The Hall–Kier alpha value is -0.610. The second-order valence-corrected chi connectivity index (χ2v) is 27.7. The van der Waals surface area contributed by atoms with E-state index in [1.165, 1.54) is 398 Å². The van der Waals surface area contributed by atoms with Gasteiger partial charge in [-0.1, -0.05) is 432 Å². The Balaban J connectivity index is 1.72. The SMILES string of the molecule is CCCCCCCCCCCCCCCCCCCCCCC(C(=O)O)C(O)CCCCCCCCCCCCCCCCCCCCCCCCCCCCCCCCC1OC1C(C)CCCCCCCCCCCCCCCC. The van der Waals surface area contributed by atoms with Crippen molar-refractivity contribution in [3.8, 4) is 0 Å². The monoisotopic (exact) mass is 1140 g/mol. The van der Waals surface area contributed by atoms with Gasteiger partial charge in [-0.2, -0.15) is 0 Å². The smallest absolute Gasteiger partial charge is 0.309 e. The minimum absolute atomic E-state index is 0.583. The standard InChI is InChI=1S/C77H152O4/c1-4-6-8-10-12-14-16-18-20-21-22-35-38-41-45-49-53-57-61-65-69-73(77(79)80)74(78)70-66-62-58-54-50-46-42-39-36-33-31-29-27-25-23-24-26-28-30-32-34-37-40-43-47-51-55-59-63-67-71-75-76(81-75)72(3)68-64-60-56-52-48-44-19-17-15-13-11-9-7-5-2/h72-76,78H,4-71H2,1-3H3,(H,79,80). The molecule has 4 nitrogen and oxygen atoms in total. The van der Waals surface area contributed by atoms with Gasteiger partial charge in [0, 0.05) is 0 Å². The molecule has 0 aromatic carbocycles. The maximum absolute atomic E-state index is 11.9. The number of aliphatic hydroxyl groups excluding tert-OH is 1. The molecule has 1 rings (SSSR count). The average molecular weight is 1140 g/mol. The van der Waals surface area contributed by atoms with E-state index >= 15 is 0 Å². The normalized spacial score (nSPS) is 15.5. The van der Waals surface area contributed by atoms with Crippen LogP contribution in [0.25, 0.3) is 0 Å². The Morgan fingerprint density at radius 1 is 0.296 bits per heavy atom. The van der Waals surface area contributed by atoms with Gasteiger partial charge in [0.1, 0.15) is 0 Å². The van der Waals surface area contributed by atoms with Crippen molar-refractivity contribution in [2.75, 3.05) is 0 Å². The van der Waals surface area contributed by atoms with Crippen molar-refractivity contribution in [1.82, 2.24) is 0 Å². The van der Waals surface area contributed by atoms with E-state index in [0.29, 0.717) is 25.0 Å². The third-order valence-corrected chi connectivity index (χ3v) is 19.6. The molecule has 0 saturated carbocycles. The summed E-state index contributed by atoms with van der Waals surface area (Å²) in [5.74, 6) is -0.611. The van der Waals surface area contributed by atoms with Crippen molar-refractivity contribution in [2.24, 2.45) is 11.8 Å². The Bertz CT molecular complexity index is 1190. The lowest BCUT2D eigenvalue weighted by Gasteiger charge is -2.19. The number of carboxylic acids is 1. The molecule has 0 aromatic heterocycles. The molecule has 0 bridgehead atoms. The Morgan fingerprint density at radius 2 is 0.494 bits per heavy atom. The van der Waals surface area contributed by atoms with Crippen LogP contribution in [0.4, 0.5) is 0 Å². The highest BCUT2D eigenvalue weighted by molar-refractivity contribution is 5.70. The van der Waals surface area contributed by atoms with Crippen LogP contribution < -0.4 is 0 Å². The van der Waals surface area contributed by atoms with Crippen LogP contribution >= 0.6 is 0 Å². The molecule has 0 spiro atoms. The highest BCUT2D eigenvalue weighted by Gasteiger charge is 2.41. The number of unbranched alkanes of at least 4 members (excludes halogenated alkanes) is 61. The minimum atomic E-state index is -0.799. The lowest BCUT2D eigenvalue weighted by molar-refractivity contribution is -0.146. The van der Waals surface area contributed by atoms with Gasteiger partial charge in [0.15, 0.2) is 0 Å². The molecule has 0 aromatic rings. The summed E-state index contributed by atoms with van der Waals surface area (Å²) in [6.45, 7) is 7.06. The van der Waals surface area contributed by atoms with E-state index in [0.717, 1.165) is 31.6 Å². The van der Waals surface area contributed by atoms with Crippen molar-refractivity contribution in [1.29, 1.82) is 0 Å². The van der Waals surface area contributed by atoms with Crippen LogP contribution in [0, 0.1) is 11.8 Å². The zero-order valence-corrected chi connectivity index (χ0v) is 56.2. The van der Waals surface area contributed by atoms with E-state index in [2.05, 4.69) is 20.8 Å². The average Bonchev–Trinajstić information content (AvgIpc) is 4.26. The molecule has 484 valence electrons. The Kier molecular flexibility index (Phi) is 63.3. The molecule has 0 amide bonds. The van der Waals surface area contributed by atoms with E-state index in [4.69, 9.17) is 4.74 Å². The molecule has 81 heavy (non-hydrogen) atoms. The van der Waals surface area contributed by atoms with Gasteiger partial charge in [-0.3, -0.25) is 4.79 Å². The molecule has 0 aliphatic carbocycles. The summed E-state index contributed by atoms with van der Waals surface area (Å²) >= 11 is 0. The Morgan fingerprint density at radius 3 is 0.728 bits per heavy atom. The van der Waals surface area contributed by atoms with Crippen LogP contribution in [0.3, 0.4) is 0 Å². The summed E-state index contributed by atoms with van der Waals surface area (Å²) in [6, 6.07) is 0. The third-order valence-electron chi connectivity index (χ3n) is 19.6. The van der Waals surface area contributed by atoms with Gasteiger partial charge in [0.05, 0.1) is 24.2 Å². The van der Waals surface area contributed by atoms with Crippen LogP contribution in [0.1, 0.15) is 457 Å². The first-order valence-electron chi connectivity index (χ1n) is 38.6. The summed E-state index contributed by atoms with van der Waals surface area (Å²) in [7, 11) is 0. The fraction of sp³-hybridized carbons (Fsp3) is 0.987. The van der Waals surface area contributed by atoms with E-state index < -0.39 is 18.0 Å². The van der Waals surface area contributed by atoms with Gasteiger partial charge < -0.3 is 14.9 Å². The van der Waals surface area contributed by atoms with E-state index in [1.54, 1.807) is 0 Å². The number of carbonyl (C=O) groups is 1. The molecule has 4 heteroatoms. The van der Waals surface area contributed by atoms with Crippen molar-refractivity contribution in [3.63, 3.8) is 0 Å². The molecule has 5 unspecified atom stereocenters. The summed E-state index contributed by atoms with van der Waals surface area (Å²) in [6.07, 6.45) is 93.8. The quantitative estimate of drug-likeness (QED) is 0.0470. The first kappa shape index (κ1) is 78.4.